The normalized spacial score (nSPS) is 11.9. The van der Waals surface area contributed by atoms with Crippen molar-refractivity contribution in [2.45, 2.75) is 19.9 Å². The highest BCUT2D eigenvalue weighted by atomic mass is 19.1. The Morgan fingerprint density at radius 3 is 2.30 bits per heavy atom. The summed E-state index contributed by atoms with van der Waals surface area (Å²) in [5.74, 6) is -0.851. The number of benzene rings is 2. The Kier molecular flexibility index (Phi) is 4.03. The van der Waals surface area contributed by atoms with Crippen molar-refractivity contribution in [1.29, 1.82) is 0 Å². The van der Waals surface area contributed by atoms with E-state index in [1.807, 2.05) is 31.2 Å². The van der Waals surface area contributed by atoms with E-state index < -0.39 is 11.9 Å². The molecule has 3 N–H and O–H groups in total. The largest absolute Gasteiger partial charge is 0.370 e. The Balaban J connectivity index is 2.30. The van der Waals surface area contributed by atoms with Crippen molar-refractivity contribution < 1.29 is 9.18 Å². The average molecular weight is 272 g/mol. The highest BCUT2D eigenvalue weighted by molar-refractivity contribution is 5.84. The molecule has 2 rings (SSSR count). The molecule has 0 saturated carbocycles. The molecule has 1 atom stereocenters. The number of nitrogens with one attached hydrogen (secondary N) is 1. The molecule has 0 aliphatic carbocycles. The Morgan fingerprint density at radius 1 is 1.10 bits per heavy atom. The first kappa shape index (κ1) is 14.1. The van der Waals surface area contributed by atoms with Crippen LogP contribution in [0.4, 0.5) is 10.1 Å². The van der Waals surface area contributed by atoms with Crippen LogP contribution in [0.2, 0.25) is 0 Å². The molecule has 0 fully saturated rings. The quantitative estimate of drug-likeness (QED) is 0.898. The van der Waals surface area contributed by atoms with Gasteiger partial charge in [-0.05, 0) is 43.2 Å². The standard InChI is InChI=1S/C16H17FN2O/c1-10-3-5-12(6-4-10)15(16(18)20)19-14-8-11(2)7-13(17)9-14/h3-9,15,19H,1-2H3,(H2,18,20). The van der Waals surface area contributed by atoms with Crippen LogP contribution in [0.15, 0.2) is 42.5 Å². The van der Waals surface area contributed by atoms with E-state index in [1.165, 1.54) is 12.1 Å². The van der Waals surface area contributed by atoms with Crippen molar-refractivity contribution >= 4 is 11.6 Å². The zero-order chi connectivity index (χ0) is 14.7. The molecule has 0 spiro atoms. The lowest BCUT2D eigenvalue weighted by molar-refractivity contribution is -0.118. The predicted molar refractivity (Wildman–Crippen MR) is 77.9 cm³/mol. The van der Waals surface area contributed by atoms with E-state index in [0.29, 0.717) is 5.69 Å². The van der Waals surface area contributed by atoms with Crippen LogP contribution >= 0.6 is 0 Å². The molecular formula is C16H17FN2O. The van der Waals surface area contributed by atoms with E-state index in [4.69, 9.17) is 5.73 Å². The molecule has 0 aromatic heterocycles. The van der Waals surface area contributed by atoms with Crippen LogP contribution in [0.1, 0.15) is 22.7 Å². The fraction of sp³-hybridized carbons (Fsp3) is 0.188. The number of amides is 1. The molecule has 20 heavy (non-hydrogen) atoms. The summed E-state index contributed by atoms with van der Waals surface area (Å²) < 4.78 is 13.4. The van der Waals surface area contributed by atoms with Crippen molar-refractivity contribution in [2.24, 2.45) is 5.73 Å². The molecule has 0 bridgehead atoms. The number of halogens is 1. The monoisotopic (exact) mass is 272 g/mol. The Bertz CT molecular complexity index is 603. The molecule has 0 heterocycles. The minimum absolute atomic E-state index is 0.348. The van der Waals surface area contributed by atoms with Gasteiger partial charge >= 0.3 is 0 Å². The van der Waals surface area contributed by atoms with Crippen LogP contribution in [-0.4, -0.2) is 5.91 Å². The molecule has 3 nitrogen and oxygen atoms in total. The fourth-order valence-corrected chi connectivity index (χ4v) is 2.06. The van der Waals surface area contributed by atoms with Gasteiger partial charge in [-0.1, -0.05) is 29.8 Å². The van der Waals surface area contributed by atoms with Gasteiger partial charge in [-0.2, -0.15) is 0 Å². The van der Waals surface area contributed by atoms with Gasteiger partial charge in [-0.15, -0.1) is 0 Å². The topological polar surface area (TPSA) is 55.1 Å². The number of aryl methyl sites for hydroxylation is 2. The Morgan fingerprint density at radius 2 is 1.75 bits per heavy atom. The van der Waals surface area contributed by atoms with Crippen molar-refractivity contribution in [3.8, 4) is 0 Å². The second-order valence-corrected chi connectivity index (χ2v) is 4.91. The van der Waals surface area contributed by atoms with Crippen molar-refractivity contribution in [1.82, 2.24) is 0 Å². The molecule has 2 aromatic rings. The van der Waals surface area contributed by atoms with Gasteiger partial charge in [-0.25, -0.2) is 4.39 Å². The molecule has 1 amide bonds. The molecule has 1 unspecified atom stereocenters. The Hall–Kier alpha value is -2.36. The first-order chi connectivity index (χ1) is 9.45. The van der Waals surface area contributed by atoms with E-state index in [9.17, 15) is 9.18 Å². The fourth-order valence-electron chi connectivity index (χ4n) is 2.06. The lowest BCUT2D eigenvalue weighted by Crippen LogP contribution is -2.27. The summed E-state index contributed by atoms with van der Waals surface area (Å²) in [7, 11) is 0. The van der Waals surface area contributed by atoms with Crippen LogP contribution in [0.3, 0.4) is 0 Å². The number of carbonyl (C=O) groups excluding carboxylic acids is 1. The van der Waals surface area contributed by atoms with Gasteiger partial charge < -0.3 is 11.1 Å². The predicted octanol–water partition coefficient (Wildman–Crippen LogP) is 3.08. The van der Waals surface area contributed by atoms with Crippen molar-refractivity contribution in [2.75, 3.05) is 5.32 Å². The van der Waals surface area contributed by atoms with Gasteiger partial charge in [0.05, 0.1) is 0 Å². The summed E-state index contributed by atoms with van der Waals surface area (Å²) in [6, 6.07) is 11.3. The number of rotatable bonds is 4. The lowest BCUT2D eigenvalue weighted by Gasteiger charge is -2.18. The number of nitrogens with two attached hydrogens (primary N) is 1. The lowest BCUT2D eigenvalue weighted by atomic mass is 10.0. The minimum Gasteiger partial charge on any atom is -0.370 e. The number of primary amides is 1. The number of anilines is 1. The van der Waals surface area contributed by atoms with Gasteiger partial charge in [0.2, 0.25) is 5.91 Å². The highest BCUT2D eigenvalue weighted by Gasteiger charge is 2.17. The molecule has 104 valence electrons. The van der Waals surface area contributed by atoms with E-state index in [1.54, 1.807) is 13.0 Å². The first-order valence-corrected chi connectivity index (χ1v) is 6.35. The van der Waals surface area contributed by atoms with Gasteiger partial charge in [0.15, 0.2) is 0 Å². The summed E-state index contributed by atoms with van der Waals surface area (Å²) in [4.78, 5) is 11.6. The van der Waals surface area contributed by atoms with E-state index in [2.05, 4.69) is 5.32 Å². The molecule has 0 saturated heterocycles. The van der Waals surface area contributed by atoms with Crippen LogP contribution in [0, 0.1) is 19.7 Å². The van der Waals surface area contributed by atoms with E-state index in [-0.39, 0.29) is 5.82 Å². The zero-order valence-corrected chi connectivity index (χ0v) is 11.5. The van der Waals surface area contributed by atoms with E-state index in [0.717, 1.165) is 16.7 Å². The third kappa shape index (κ3) is 3.35. The maximum Gasteiger partial charge on any atom is 0.244 e. The molecule has 0 radical (unpaired) electrons. The average Bonchev–Trinajstić information content (AvgIpc) is 2.36. The molecule has 4 heteroatoms. The van der Waals surface area contributed by atoms with Gasteiger partial charge in [-0.3, -0.25) is 4.79 Å². The van der Waals surface area contributed by atoms with E-state index >= 15 is 0 Å². The molecule has 2 aromatic carbocycles. The summed E-state index contributed by atoms with van der Waals surface area (Å²) in [6.45, 7) is 3.76. The molecule has 0 aliphatic rings. The molecular weight excluding hydrogens is 255 g/mol. The van der Waals surface area contributed by atoms with Crippen LogP contribution < -0.4 is 11.1 Å². The van der Waals surface area contributed by atoms with Gasteiger partial charge in [0.25, 0.3) is 0 Å². The second kappa shape index (κ2) is 5.74. The van der Waals surface area contributed by atoms with Crippen molar-refractivity contribution in [3.63, 3.8) is 0 Å². The van der Waals surface area contributed by atoms with Gasteiger partial charge in [0, 0.05) is 5.69 Å². The zero-order valence-electron chi connectivity index (χ0n) is 11.5. The third-order valence-electron chi connectivity index (χ3n) is 3.05. The highest BCUT2D eigenvalue weighted by Crippen LogP contribution is 2.21. The summed E-state index contributed by atoms with van der Waals surface area (Å²) in [5, 5.41) is 2.98. The second-order valence-electron chi connectivity index (χ2n) is 4.91. The van der Waals surface area contributed by atoms with Crippen LogP contribution in [0.5, 0.6) is 0 Å². The summed E-state index contributed by atoms with van der Waals surface area (Å²) in [5.41, 5.74) is 8.60. The smallest absolute Gasteiger partial charge is 0.244 e. The minimum atomic E-state index is -0.684. The Labute approximate surface area is 117 Å². The number of hydrogen-bond acceptors (Lipinski definition) is 2. The van der Waals surface area contributed by atoms with Crippen molar-refractivity contribution in [3.05, 3.63) is 65.0 Å². The number of carbonyl (C=O) groups is 1. The maximum atomic E-state index is 13.4. The summed E-state index contributed by atoms with van der Waals surface area (Å²) in [6.07, 6.45) is 0. The SMILES string of the molecule is Cc1ccc(C(Nc2cc(C)cc(F)c2)C(N)=O)cc1. The first-order valence-electron chi connectivity index (χ1n) is 6.35. The summed E-state index contributed by atoms with van der Waals surface area (Å²) >= 11 is 0. The third-order valence-corrected chi connectivity index (χ3v) is 3.05. The van der Waals surface area contributed by atoms with Gasteiger partial charge in [0.1, 0.15) is 11.9 Å². The number of hydrogen-bond donors (Lipinski definition) is 2. The van der Waals surface area contributed by atoms with Crippen LogP contribution in [-0.2, 0) is 4.79 Å². The van der Waals surface area contributed by atoms with Crippen LogP contribution in [0.25, 0.3) is 0 Å². The molecule has 0 aliphatic heterocycles. The maximum absolute atomic E-state index is 13.4.